The maximum Gasteiger partial charge on any atom is 0.220 e. The van der Waals surface area contributed by atoms with E-state index in [1.807, 2.05) is 24.3 Å². The first-order chi connectivity index (χ1) is 10.3. The number of ether oxygens (including phenoxy) is 1. The molecule has 0 aliphatic carbocycles. The van der Waals surface area contributed by atoms with Gasteiger partial charge >= 0.3 is 0 Å². The zero-order valence-electron chi connectivity index (χ0n) is 13.5. The van der Waals surface area contributed by atoms with E-state index in [4.69, 9.17) is 4.74 Å². The molecule has 3 nitrogen and oxygen atoms in total. The second-order valence-corrected chi connectivity index (χ2v) is 5.50. The van der Waals surface area contributed by atoms with Gasteiger partial charge in [-0.25, -0.2) is 0 Å². The molecule has 1 amide bonds. The molecule has 1 aromatic carbocycles. The highest BCUT2D eigenvalue weighted by atomic mass is 16.5. The Labute approximate surface area is 129 Å². The van der Waals surface area contributed by atoms with Gasteiger partial charge in [0.2, 0.25) is 5.91 Å². The molecule has 0 atom stereocenters. The number of carbonyl (C=O) groups is 1. The predicted octanol–water partition coefficient (Wildman–Crippen LogP) is 4.45. The van der Waals surface area contributed by atoms with Crippen LogP contribution in [0.4, 0.5) is 0 Å². The monoisotopic (exact) mass is 291 g/mol. The third-order valence-corrected chi connectivity index (χ3v) is 3.66. The van der Waals surface area contributed by atoms with Gasteiger partial charge in [0.25, 0.3) is 0 Å². The third kappa shape index (κ3) is 8.38. The molecular weight excluding hydrogens is 262 g/mol. The molecule has 0 unspecified atom stereocenters. The number of nitrogens with one attached hydrogen (secondary N) is 1. The molecule has 0 heterocycles. The van der Waals surface area contributed by atoms with Gasteiger partial charge in [0, 0.05) is 13.0 Å². The molecule has 0 aliphatic rings. The van der Waals surface area contributed by atoms with Gasteiger partial charge in [-0.1, -0.05) is 57.6 Å². The Morgan fingerprint density at radius 2 is 1.62 bits per heavy atom. The van der Waals surface area contributed by atoms with Gasteiger partial charge in [0.05, 0.1) is 7.11 Å². The molecule has 0 aliphatic heterocycles. The summed E-state index contributed by atoms with van der Waals surface area (Å²) in [6.45, 7) is 2.83. The summed E-state index contributed by atoms with van der Waals surface area (Å²) in [5.41, 5.74) is 1.10. The van der Waals surface area contributed by atoms with E-state index < -0.39 is 0 Å². The molecule has 0 saturated heterocycles. The minimum Gasteiger partial charge on any atom is -0.497 e. The molecule has 118 valence electrons. The van der Waals surface area contributed by atoms with Crippen LogP contribution in [0.2, 0.25) is 0 Å². The summed E-state index contributed by atoms with van der Waals surface area (Å²) in [4.78, 5) is 11.7. The van der Waals surface area contributed by atoms with Crippen LogP contribution in [-0.2, 0) is 11.3 Å². The van der Waals surface area contributed by atoms with Crippen molar-refractivity contribution in [3.63, 3.8) is 0 Å². The highest BCUT2D eigenvalue weighted by Crippen LogP contribution is 2.11. The highest BCUT2D eigenvalue weighted by Gasteiger charge is 2.01. The molecule has 3 heteroatoms. The molecule has 0 spiro atoms. The van der Waals surface area contributed by atoms with E-state index in [0.29, 0.717) is 13.0 Å². The van der Waals surface area contributed by atoms with Crippen molar-refractivity contribution in [3.05, 3.63) is 29.8 Å². The van der Waals surface area contributed by atoms with E-state index in [0.717, 1.165) is 17.7 Å². The lowest BCUT2D eigenvalue weighted by Gasteiger charge is -2.06. The average Bonchev–Trinajstić information content (AvgIpc) is 2.52. The van der Waals surface area contributed by atoms with Gasteiger partial charge in [-0.2, -0.15) is 0 Å². The van der Waals surface area contributed by atoms with Crippen LogP contribution in [0, 0.1) is 0 Å². The smallest absolute Gasteiger partial charge is 0.220 e. The van der Waals surface area contributed by atoms with Crippen LogP contribution in [0.3, 0.4) is 0 Å². The SMILES string of the molecule is CCCCCCCCCC(=O)NCc1ccc(OC)cc1. The molecule has 0 bridgehead atoms. The number of hydrogen-bond donors (Lipinski definition) is 1. The van der Waals surface area contributed by atoms with Gasteiger partial charge in [-0.05, 0) is 24.1 Å². The Morgan fingerprint density at radius 3 is 2.24 bits per heavy atom. The van der Waals surface area contributed by atoms with Crippen molar-refractivity contribution in [2.75, 3.05) is 7.11 Å². The Bertz CT molecular complexity index is 387. The van der Waals surface area contributed by atoms with Crippen LogP contribution >= 0.6 is 0 Å². The number of unbranched alkanes of at least 4 members (excludes halogenated alkanes) is 6. The fourth-order valence-corrected chi connectivity index (χ4v) is 2.28. The highest BCUT2D eigenvalue weighted by molar-refractivity contribution is 5.75. The van der Waals surface area contributed by atoms with E-state index in [-0.39, 0.29) is 5.91 Å². The van der Waals surface area contributed by atoms with Gasteiger partial charge in [-0.15, -0.1) is 0 Å². The predicted molar refractivity (Wildman–Crippen MR) is 87.5 cm³/mol. The maximum absolute atomic E-state index is 11.7. The molecule has 1 N–H and O–H groups in total. The number of benzene rings is 1. The van der Waals surface area contributed by atoms with Gasteiger partial charge in [0.15, 0.2) is 0 Å². The van der Waals surface area contributed by atoms with E-state index in [2.05, 4.69) is 12.2 Å². The van der Waals surface area contributed by atoms with Crippen LogP contribution in [0.1, 0.15) is 63.9 Å². The summed E-state index contributed by atoms with van der Waals surface area (Å²) in [6.07, 6.45) is 9.33. The quantitative estimate of drug-likeness (QED) is 0.612. The molecule has 21 heavy (non-hydrogen) atoms. The largest absolute Gasteiger partial charge is 0.497 e. The van der Waals surface area contributed by atoms with Crippen molar-refractivity contribution in [1.82, 2.24) is 5.32 Å². The van der Waals surface area contributed by atoms with Crippen LogP contribution in [0.5, 0.6) is 5.75 Å². The summed E-state index contributed by atoms with van der Waals surface area (Å²) >= 11 is 0. The molecule has 0 aromatic heterocycles. The Hall–Kier alpha value is -1.51. The molecule has 0 saturated carbocycles. The second-order valence-electron chi connectivity index (χ2n) is 5.50. The summed E-state index contributed by atoms with van der Waals surface area (Å²) in [5, 5.41) is 2.97. The second kappa shape index (κ2) is 11.2. The minimum atomic E-state index is 0.152. The minimum absolute atomic E-state index is 0.152. The molecule has 0 fully saturated rings. The van der Waals surface area contributed by atoms with Crippen LogP contribution < -0.4 is 10.1 Å². The lowest BCUT2D eigenvalue weighted by Crippen LogP contribution is -2.22. The van der Waals surface area contributed by atoms with E-state index >= 15 is 0 Å². The summed E-state index contributed by atoms with van der Waals surface area (Å²) in [5.74, 6) is 0.993. The van der Waals surface area contributed by atoms with Crippen molar-refractivity contribution >= 4 is 5.91 Å². The normalized spacial score (nSPS) is 10.4. The summed E-state index contributed by atoms with van der Waals surface area (Å²) in [6, 6.07) is 7.79. The number of rotatable bonds is 11. The Morgan fingerprint density at radius 1 is 1.00 bits per heavy atom. The molecule has 1 rings (SSSR count). The van der Waals surface area contributed by atoms with Gasteiger partial charge < -0.3 is 10.1 Å². The van der Waals surface area contributed by atoms with Crippen LogP contribution in [-0.4, -0.2) is 13.0 Å². The summed E-state index contributed by atoms with van der Waals surface area (Å²) < 4.78 is 5.11. The topological polar surface area (TPSA) is 38.3 Å². The molecular formula is C18H29NO2. The first-order valence-electron chi connectivity index (χ1n) is 8.16. The zero-order valence-corrected chi connectivity index (χ0v) is 13.5. The molecule has 1 aromatic rings. The van der Waals surface area contributed by atoms with E-state index in [9.17, 15) is 4.79 Å². The number of methoxy groups -OCH3 is 1. The summed E-state index contributed by atoms with van der Waals surface area (Å²) in [7, 11) is 1.65. The maximum atomic E-state index is 11.7. The number of amides is 1. The van der Waals surface area contributed by atoms with Gasteiger partial charge in [-0.3, -0.25) is 4.79 Å². The average molecular weight is 291 g/mol. The lowest BCUT2D eigenvalue weighted by atomic mass is 10.1. The van der Waals surface area contributed by atoms with Crippen molar-refractivity contribution in [2.45, 2.75) is 64.8 Å². The zero-order chi connectivity index (χ0) is 15.3. The number of carbonyl (C=O) groups excluding carboxylic acids is 1. The standard InChI is InChI=1S/C18H29NO2/c1-3-4-5-6-7-8-9-10-18(20)19-15-16-11-13-17(21-2)14-12-16/h11-14H,3-10,15H2,1-2H3,(H,19,20). The lowest BCUT2D eigenvalue weighted by molar-refractivity contribution is -0.121. The molecule has 0 radical (unpaired) electrons. The fraction of sp³-hybridized carbons (Fsp3) is 0.611. The Balaban J connectivity index is 2.05. The van der Waals surface area contributed by atoms with Crippen molar-refractivity contribution in [3.8, 4) is 5.75 Å². The fourth-order valence-electron chi connectivity index (χ4n) is 2.28. The van der Waals surface area contributed by atoms with Crippen molar-refractivity contribution < 1.29 is 9.53 Å². The van der Waals surface area contributed by atoms with Crippen molar-refractivity contribution in [2.24, 2.45) is 0 Å². The first kappa shape index (κ1) is 17.5. The first-order valence-corrected chi connectivity index (χ1v) is 8.16. The van der Waals surface area contributed by atoms with Crippen LogP contribution in [0.15, 0.2) is 24.3 Å². The number of hydrogen-bond acceptors (Lipinski definition) is 2. The van der Waals surface area contributed by atoms with Crippen molar-refractivity contribution in [1.29, 1.82) is 0 Å². The third-order valence-electron chi connectivity index (χ3n) is 3.66. The van der Waals surface area contributed by atoms with Gasteiger partial charge in [0.1, 0.15) is 5.75 Å². The van der Waals surface area contributed by atoms with Crippen LogP contribution in [0.25, 0.3) is 0 Å². The Kier molecular flexibility index (Phi) is 9.34. The van der Waals surface area contributed by atoms with E-state index in [1.165, 1.54) is 38.5 Å². The van der Waals surface area contributed by atoms with E-state index in [1.54, 1.807) is 7.11 Å².